The predicted octanol–water partition coefficient (Wildman–Crippen LogP) is 2.11. The van der Waals surface area contributed by atoms with Gasteiger partial charge in [-0.3, -0.25) is 4.90 Å². The second-order valence-electron chi connectivity index (χ2n) is 4.41. The van der Waals surface area contributed by atoms with Crippen molar-refractivity contribution in [3.05, 3.63) is 30.3 Å². The van der Waals surface area contributed by atoms with Crippen molar-refractivity contribution in [3.63, 3.8) is 0 Å². The number of hydrogen-bond donors (Lipinski definition) is 0. The van der Waals surface area contributed by atoms with Crippen LogP contribution in [0.25, 0.3) is 0 Å². The van der Waals surface area contributed by atoms with E-state index in [1.807, 2.05) is 6.07 Å². The Morgan fingerprint density at radius 1 is 1.18 bits per heavy atom. The molecule has 1 aliphatic heterocycles. The molecule has 3 nitrogen and oxygen atoms in total. The van der Waals surface area contributed by atoms with Gasteiger partial charge in [0.1, 0.15) is 0 Å². The lowest BCUT2D eigenvalue weighted by Gasteiger charge is -2.37. The molecule has 1 aliphatic rings. The number of benzene rings is 1. The quantitative estimate of drug-likeness (QED) is 0.795. The van der Waals surface area contributed by atoms with E-state index in [0.29, 0.717) is 0 Å². The SMILES string of the molecule is CCC(C#N)N1CCN(c2ccccc2)CC1. The Balaban J connectivity index is 1.93. The average molecular weight is 229 g/mol. The van der Waals surface area contributed by atoms with Crippen molar-refractivity contribution >= 4 is 5.69 Å². The maximum Gasteiger partial charge on any atom is 0.0976 e. The van der Waals surface area contributed by atoms with E-state index in [-0.39, 0.29) is 6.04 Å². The first kappa shape index (κ1) is 11.9. The minimum absolute atomic E-state index is 0.0907. The maximum absolute atomic E-state index is 9.06. The molecule has 1 fully saturated rings. The standard InChI is InChI=1S/C14H19N3/c1-2-13(12-15)16-8-10-17(11-9-16)14-6-4-3-5-7-14/h3-7,13H,2,8-11H2,1H3. The van der Waals surface area contributed by atoms with Gasteiger partial charge in [-0.25, -0.2) is 0 Å². The maximum atomic E-state index is 9.06. The van der Waals surface area contributed by atoms with Crippen LogP contribution in [0.3, 0.4) is 0 Å². The highest BCUT2D eigenvalue weighted by molar-refractivity contribution is 5.46. The molecule has 0 aromatic heterocycles. The number of rotatable bonds is 3. The second-order valence-corrected chi connectivity index (χ2v) is 4.41. The second kappa shape index (κ2) is 5.70. The van der Waals surface area contributed by atoms with Gasteiger partial charge in [-0.15, -0.1) is 0 Å². The highest BCUT2D eigenvalue weighted by Gasteiger charge is 2.22. The number of para-hydroxylation sites is 1. The summed E-state index contributed by atoms with van der Waals surface area (Å²) in [6.45, 7) is 6.09. The first-order valence-electron chi connectivity index (χ1n) is 6.29. The average Bonchev–Trinajstić information content (AvgIpc) is 2.42. The Hall–Kier alpha value is -1.53. The van der Waals surface area contributed by atoms with E-state index in [1.165, 1.54) is 5.69 Å². The van der Waals surface area contributed by atoms with E-state index < -0.39 is 0 Å². The van der Waals surface area contributed by atoms with Gasteiger partial charge in [-0.1, -0.05) is 25.1 Å². The number of anilines is 1. The third kappa shape index (κ3) is 2.78. The van der Waals surface area contributed by atoms with Gasteiger partial charge in [0, 0.05) is 31.9 Å². The Bertz CT molecular complexity index is 374. The third-order valence-electron chi connectivity index (χ3n) is 3.41. The highest BCUT2D eigenvalue weighted by Crippen LogP contribution is 2.17. The van der Waals surface area contributed by atoms with Crippen molar-refractivity contribution in [2.45, 2.75) is 19.4 Å². The molecule has 0 N–H and O–H groups in total. The summed E-state index contributed by atoms with van der Waals surface area (Å²) in [6.07, 6.45) is 0.918. The Morgan fingerprint density at radius 2 is 1.82 bits per heavy atom. The summed E-state index contributed by atoms with van der Waals surface area (Å²) >= 11 is 0. The minimum Gasteiger partial charge on any atom is -0.369 e. The van der Waals surface area contributed by atoms with E-state index in [4.69, 9.17) is 5.26 Å². The molecule has 3 heteroatoms. The van der Waals surface area contributed by atoms with Gasteiger partial charge in [0.05, 0.1) is 12.1 Å². The van der Waals surface area contributed by atoms with Gasteiger partial charge in [0.15, 0.2) is 0 Å². The van der Waals surface area contributed by atoms with Crippen LogP contribution in [0.4, 0.5) is 5.69 Å². The van der Waals surface area contributed by atoms with Crippen LogP contribution in [0.15, 0.2) is 30.3 Å². The van der Waals surface area contributed by atoms with Crippen molar-refractivity contribution < 1.29 is 0 Å². The third-order valence-corrected chi connectivity index (χ3v) is 3.41. The summed E-state index contributed by atoms with van der Waals surface area (Å²) in [5, 5.41) is 9.06. The molecule has 1 aromatic rings. The number of piperazine rings is 1. The molecular weight excluding hydrogens is 210 g/mol. The van der Waals surface area contributed by atoms with Crippen LogP contribution in [0.2, 0.25) is 0 Å². The zero-order valence-electron chi connectivity index (χ0n) is 10.3. The van der Waals surface area contributed by atoms with Crippen LogP contribution in [-0.4, -0.2) is 37.1 Å². The zero-order valence-corrected chi connectivity index (χ0v) is 10.3. The fraction of sp³-hybridized carbons (Fsp3) is 0.500. The molecular formula is C14H19N3. The largest absolute Gasteiger partial charge is 0.369 e. The van der Waals surface area contributed by atoms with Gasteiger partial charge in [0.25, 0.3) is 0 Å². The van der Waals surface area contributed by atoms with Crippen molar-refractivity contribution in [2.75, 3.05) is 31.1 Å². The van der Waals surface area contributed by atoms with Crippen molar-refractivity contribution in [1.82, 2.24) is 4.90 Å². The van der Waals surface area contributed by atoms with Gasteiger partial charge < -0.3 is 4.90 Å². The molecule has 1 aromatic carbocycles. The van der Waals surface area contributed by atoms with Gasteiger partial charge in [-0.2, -0.15) is 5.26 Å². The molecule has 0 spiro atoms. The minimum atomic E-state index is 0.0907. The molecule has 0 aliphatic carbocycles. The molecule has 90 valence electrons. The topological polar surface area (TPSA) is 30.3 Å². The van der Waals surface area contributed by atoms with Crippen molar-refractivity contribution in [1.29, 1.82) is 5.26 Å². The number of hydrogen-bond acceptors (Lipinski definition) is 3. The van der Waals surface area contributed by atoms with E-state index in [9.17, 15) is 0 Å². The lowest BCUT2D eigenvalue weighted by atomic mass is 10.1. The fourth-order valence-electron chi connectivity index (χ4n) is 2.36. The van der Waals surface area contributed by atoms with E-state index in [2.05, 4.69) is 47.1 Å². The summed E-state index contributed by atoms with van der Waals surface area (Å²) in [5.74, 6) is 0. The van der Waals surface area contributed by atoms with E-state index >= 15 is 0 Å². The highest BCUT2D eigenvalue weighted by atomic mass is 15.3. The normalized spacial score (nSPS) is 18.7. The monoisotopic (exact) mass is 229 g/mol. The van der Waals surface area contributed by atoms with E-state index in [1.54, 1.807) is 0 Å². The molecule has 1 atom stereocenters. The molecule has 17 heavy (non-hydrogen) atoms. The summed E-state index contributed by atoms with van der Waals surface area (Å²) in [6, 6.07) is 13.0. The molecule has 0 radical (unpaired) electrons. The zero-order chi connectivity index (χ0) is 12.1. The molecule has 1 unspecified atom stereocenters. The summed E-state index contributed by atoms with van der Waals surface area (Å²) in [5.41, 5.74) is 1.29. The Kier molecular flexibility index (Phi) is 4.00. The molecule has 0 amide bonds. The Labute approximate surface area is 103 Å². The number of nitriles is 1. The molecule has 1 saturated heterocycles. The van der Waals surface area contributed by atoms with Crippen molar-refractivity contribution in [2.24, 2.45) is 0 Å². The smallest absolute Gasteiger partial charge is 0.0976 e. The Morgan fingerprint density at radius 3 is 2.35 bits per heavy atom. The summed E-state index contributed by atoms with van der Waals surface area (Å²) in [7, 11) is 0. The van der Waals surface area contributed by atoms with Crippen LogP contribution < -0.4 is 4.90 Å². The predicted molar refractivity (Wildman–Crippen MR) is 69.9 cm³/mol. The van der Waals surface area contributed by atoms with Crippen LogP contribution in [0.1, 0.15) is 13.3 Å². The molecule has 0 bridgehead atoms. The van der Waals surface area contributed by atoms with E-state index in [0.717, 1.165) is 32.6 Å². The summed E-state index contributed by atoms with van der Waals surface area (Å²) < 4.78 is 0. The molecule has 0 saturated carbocycles. The number of nitrogens with zero attached hydrogens (tertiary/aromatic N) is 3. The lowest BCUT2D eigenvalue weighted by molar-refractivity contribution is 0.216. The van der Waals surface area contributed by atoms with Crippen molar-refractivity contribution in [3.8, 4) is 6.07 Å². The fourth-order valence-corrected chi connectivity index (χ4v) is 2.36. The van der Waals surface area contributed by atoms with Crippen LogP contribution >= 0.6 is 0 Å². The lowest BCUT2D eigenvalue weighted by Crippen LogP contribution is -2.49. The first-order valence-corrected chi connectivity index (χ1v) is 6.29. The molecule has 1 heterocycles. The van der Waals surface area contributed by atoms with Gasteiger partial charge >= 0.3 is 0 Å². The van der Waals surface area contributed by atoms with Crippen LogP contribution in [-0.2, 0) is 0 Å². The van der Waals surface area contributed by atoms with Gasteiger partial charge in [-0.05, 0) is 18.6 Å². The molecule has 2 rings (SSSR count). The summed E-state index contributed by atoms with van der Waals surface area (Å²) in [4.78, 5) is 4.68. The van der Waals surface area contributed by atoms with Gasteiger partial charge in [0.2, 0.25) is 0 Å². The van der Waals surface area contributed by atoms with Crippen LogP contribution in [0, 0.1) is 11.3 Å². The van der Waals surface area contributed by atoms with Crippen LogP contribution in [0.5, 0.6) is 0 Å². The first-order chi connectivity index (χ1) is 8.35.